The molecule has 3 rings (SSSR count). The fourth-order valence-electron chi connectivity index (χ4n) is 2.32. The highest BCUT2D eigenvalue weighted by Crippen LogP contribution is 2.38. The molecule has 2 N–H and O–H groups in total. The summed E-state index contributed by atoms with van der Waals surface area (Å²) in [6.07, 6.45) is 1.83. The average molecular weight is 330 g/mol. The van der Waals surface area contributed by atoms with Crippen molar-refractivity contribution in [2.75, 3.05) is 5.32 Å². The molecule has 0 saturated carbocycles. The van der Waals surface area contributed by atoms with Gasteiger partial charge in [0, 0.05) is 21.3 Å². The number of nitrogens with one attached hydrogen (secondary N) is 1. The van der Waals surface area contributed by atoms with Crippen LogP contribution >= 0.6 is 15.9 Å². The van der Waals surface area contributed by atoms with Crippen molar-refractivity contribution < 1.29 is 9.90 Å². The zero-order chi connectivity index (χ0) is 14.3. The van der Waals surface area contributed by atoms with E-state index >= 15 is 0 Å². The third-order valence-corrected chi connectivity index (χ3v) is 4.22. The number of anilines is 1. The maximum atomic E-state index is 12.1. The lowest BCUT2D eigenvalue weighted by atomic mass is 9.99. The molecule has 0 spiro atoms. The van der Waals surface area contributed by atoms with Crippen molar-refractivity contribution in [1.82, 2.24) is 0 Å². The van der Waals surface area contributed by atoms with Crippen LogP contribution < -0.4 is 5.32 Å². The summed E-state index contributed by atoms with van der Waals surface area (Å²) in [6.45, 7) is 1.98. The maximum absolute atomic E-state index is 12.1. The van der Waals surface area contributed by atoms with Crippen LogP contribution in [-0.4, -0.2) is 11.0 Å². The lowest BCUT2D eigenvalue weighted by molar-refractivity contribution is -0.110. The molecule has 1 amide bonds. The summed E-state index contributed by atoms with van der Waals surface area (Å²) in [5.74, 6) is 0.108. The largest absolute Gasteiger partial charge is 0.508 e. The van der Waals surface area contributed by atoms with E-state index in [0.717, 1.165) is 26.9 Å². The van der Waals surface area contributed by atoms with Crippen molar-refractivity contribution in [2.45, 2.75) is 6.92 Å². The van der Waals surface area contributed by atoms with E-state index < -0.39 is 0 Å². The molecule has 1 aliphatic heterocycles. The molecular weight excluding hydrogens is 318 g/mol. The van der Waals surface area contributed by atoms with Gasteiger partial charge < -0.3 is 10.4 Å². The predicted octanol–water partition coefficient (Wildman–Crippen LogP) is 3.96. The summed E-state index contributed by atoms with van der Waals surface area (Å²) < 4.78 is 0.976. The number of halogens is 1. The fraction of sp³-hybridized carbons (Fsp3) is 0.0625. The quantitative estimate of drug-likeness (QED) is 0.778. The number of amides is 1. The Labute approximate surface area is 125 Å². The molecule has 4 heteroatoms. The Balaban J connectivity index is 2.14. The molecule has 0 atom stereocenters. The minimum atomic E-state index is -0.103. The summed E-state index contributed by atoms with van der Waals surface area (Å²) in [5, 5.41) is 12.2. The smallest absolute Gasteiger partial charge is 0.256 e. The maximum Gasteiger partial charge on any atom is 0.256 e. The number of carbonyl (C=O) groups excluding carboxylic acids is 1. The molecule has 0 unspecified atom stereocenters. The van der Waals surface area contributed by atoms with Crippen LogP contribution in [-0.2, 0) is 4.79 Å². The monoisotopic (exact) mass is 329 g/mol. The zero-order valence-electron chi connectivity index (χ0n) is 10.8. The van der Waals surface area contributed by atoms with E-state index in [2.05, 4.69) is 21.2 Å². The molecular formula is C16H12BrNO2. The van der Waals surface area contributed by atoms with Gasteiger partial charge in [-0.05, 0) is 48.4 Å². The first-order chi connectivity index (χ1) is 9.56. The van der Waals surface area contributed by atoms with Crippen LogP contribution in [0.1, 0.15) is 16.7 Å². The van der Waals surface area contributed by atoms with Crippen molar-refractivity contribution in [3.05, 3.63) is 57.6 Å². The van der Waals surface area contributed by atoms with Gasteiger partial charge in [-0.1, -0.05) is 28.1 Å². The summed E-state index contributed by atoms with van der Waals surface area (Å²) in [6, 6.07) is 10.6. The molecule has 1 heterocycles. The third-order valence-electron chi connectivity index (χ3n) is 3.37. The second kappa shape index (κ2) is 4.80. The normalized spacial score (nSPS) is 15.3. The molecule has 2 aromatic carbocycles. The van der Waals surface area contributed by atoms with Crippen molar-refractivity contribution in [3.63, 3.8) is 0 Å². The van der Waals surface area contributed by atoms with Gasteiger partial charge in [0.25, 0.3) is 5.91 Å². The highest BCUT2D eigenvalue weighted by Gasteiger charge is 2.26. The van der Waals surface area contributed by atoms with Gasteiger partial charge in [0.2, 0.25) is 0 Å². The van der Waals surface area contributed by atoms with Gasteiger partial charge in [-0.3, -0.25) is 4.79 Å². The van der Waals surface area contributed by atoms with Crippen molar-refractivity contribution in [3.8, 4) is 5.75 Å². The van der Waals surface area contributed by atoms with Crippen LogP contribution in [0.3, 0.4) is 0 Å². The number of phenolic OH excluding ortho intramolecular Hbond substituents is 1. The third kappa shape index (κ3) is 2.12. The lowest BCUT2D eigenvalue weighted by Crippen LogP contribution is -2.03. The molecule has 0 aromatic heterocycles. The molecule has 2 aromatic rings. The van der Waals surface area contributed by atoms with E-state index in [-0.39, 0.29) is 11.7 Å². The van der Waals surface area contributed by atoms with E-state index in [9.17, 15) is 9.90 Å². The molecule has 20 heavy (non-hydrogen) atoms. The summed E-state index contributed by atoms with van der Waals surface area (Å²) in [7, 11) is 0. The number of hydrogen-bond acceptors (Lipinski definition) is 2. The van der Waals surface area contributed by atoms with Gasteiger partial charge in [0.05, 0.1) is 0 Å². The zero-order valence-corrected chi connectivity index (χ0v) is 12.4. The Morgan fingerprint density at radius 3 is 2.55 bits per heavy atom. The SMILES string of the molecule is Cc1c(Br)ccc2c1C(=Cc1ccc(O)cc1)C(=O)N2. The van der Waals surface area contributed by atoms with Gasteiger partial charge in [-0.2, -0.15) is 0 Å². The van der Waals surface area contributed by atoms with E-state index in [1.54, 1.807) is 24.3 Å². The number of fused-ring (bicyclic) bond motifs is 1. The number of hydrogen-bond donors (Lipinski definition) is 2. The molecule has 0 aliphatic carbocycles. The van der Waals surface area contributed by atoms with Crippen LogP contribution in [0.25, 0.3) is 11.6 Å². The van der Waals surface area contributed by atoms with Crippen molar-refractivity contribution in [1.29, 1.82) is 0 Å². The van der Waals surface area contributed by atoms with Gasteiger partial charge in [-0.15, -0.1) is 0 Å². The summed E-state index contributed by atoms with van der Waals surface area (Å²) in [4.78, 5) is 12.1. The van der Waals surface area contributed by atoms with Crippen LogP contribution in [0, 0.1) is 6.92 Å². The van der Waals surface area contributed by atoms with Gasteiger partial charge in [-0.25, -0.2) is 0 Å². The first-order valence-corrected chi connectivity index (χ1v) is 6.97. The standard InChI is InChI=1S/C16H12BrNO2/c1-9-13(17)6-7-14-15(9)12(16(20)18-14)8-10-2-4-11(19)5-3-10/h2-8,19H,1H3,(H,18,20). The Bertz CT molecular complexity index is 733. The lowest BCUT2D eigenvalue weighted by Gasteiger charge is -2.06. The minimum Gasteiger partial charge on any atom is -0.508 e. The number of carbonyl (C=O) groups is 1. The Hall–Kier alpha value is -2.07. The van der Waals surface area contributed by atoms with E-state index in [4.69, 9.17) is 0 Å². The minimum absolute atomic E-state index is 0.103. The van der Waals surface area contributed by atoms with E-state index in [0.29, 0.717) is 5.57 Å². The Morgan fingerprint density at radius 2 is 1.85 bits per heavy atom. The van der Waals surface area contributed by atoms with Crippen molar-refractivity contribution >= 4 is 39.2 Å². The highest BCUT2D eigenvalue weighted by molar-refractivity contribution is 9.10. The number of phenols is 1. The molecule has 0 bridgehead atoms. The number of rotatable bonds is 1. The second-order valence-electron chi connectivity index (χ2n) is 4.70. The topological polar surface area (TPSA) is 49.3 Å². The van der Waals surface area contributed by atoms with Crippen LogP contribution in [0.5, 0.6) is 5.75 Å². The molecule has 3 nitrogen and oxygen atoms in total. The molecule has 0 radical (unpaired) electrons. The average Bonchev–Trinajstić information content (AvgIpc) is 2.74. The first kappa shape index (κ1) is 12.9. The van der Waals surface area contributed by atoms with Gasteiger partial charge in [0.15, 0.2) is 0 Å². The van der Waals surface area contributed by atoms with Gasteiger partial charge in [0.1, 0.15) is 5.75 Å². The molecule has 0 saturated heterocycles. The first-order valence-electron chi connectivity index (χ1n) is 6.18. The van der Waals surface area contributed by atoms with E-state index in [1.807, 2.05) is 25.1 Å². The fourth-order valence-corrected chi connectivity index (χ4v) is 2.65. The molecule has 0 fully saturated rings. The molecule has 1 aliphatic rings. The van der Waals surface area contributed by atoms with E-state index in [1.165, 1.54) is 0 Å². The second-order valence-corrected chi connectivity index (χ2v) is 5.55. The van der Waals surface area contributed by atoms with Gasteiger partial charge >= 0.3 is 0 Å². The number of aromatic hydroxyl groups is 1. The number of benzene rings is 2. The highest BCUT2D eigenvalue weighted by atomic mass is 79.9. The summed E-state index contributed by atoms with van der Waals surface area (Å²) >= 11 is 3.49. The van der Waals surface area contributed by atoms with Crippen LogP contribution in [0.15, 0.2) is 40.9 Å². The summed E-state index contributed by atoms with van der Waals surface area (Å²) in [5.41, 5.74) is 4.31. The van der Waals surface area contributed by atoms with Crippen molar-refractivity contribution in [2.24, 2.45) is 0 Å². The van der Waals surface area contributed by atoms with Crippen LogP contribution in [0.2, 0.25) is 0 Å². The Morgan fingerprint density at radius 1 is 1.15 bits per heavy atom. The predicted molar refractivity (Wildman–Crippen MR) is 83.5 cm³/mol. The van der Waals surface area contributed by atoms with Crippen LogP contribution in [0.4, 0.5) is 5.69 Å². The Kier molecular flexibility index (Phi) is 3.10. The molecule has 100 valence electrons.